The van der Waals surface area contributed by atoms with Gasteiger partial charge in [0, 0.05) is 48.8 Å². The van der Waals surface area contributed by atoms with Crippen molar-refractivity contribution in [1.29, 1.82) is 0 Å². The first-order chi connectivity index (χ1) is 11.7. The number of aryl methyl sites for hydroxylation is 1. The van der Waals surface area contributed by atoms with Crippen molar-refractivity contribution in [2.24, 2.45) is 5.73 Å². The average Bonchev–Trinajstić information content (AvgIpc) is 2.62. The molecule has 7 nitrogen and oxygen atoms in total. The number of aromatic nitrogens is 3. The van der Waals surface area contributed by atoms with E-state index in [-0.39, 0.29) is 6.04 Å². The molecule has 126 valence electrons. The van der Waals surface area contributed by atoms with E-state index in [1.54, 1.807) is 12.4 Å². The van der Waals surface area contributed by atoms with Crippen molar-refractivity contribution in [3.8, 4) is 11.4 Å². The van der Waals surface area contributed by atoms with Gasteiger partial charge in [-0.1, -0.05) is 6.92 Å². The fraction of sp³-hybridized carbons (Fsp3) is 0.412. The molecular formula is C17H22N6O. The highest BCUT2D eigenvalue weighted by Crippen LogP contribution is 2.23. The zero-order valence-corrected chi connectivity index (χ0v) is 13.8. The van der Waals surface area contributed by atoms with Gasteiger partial charge in [-0.05, 0) is 31.4 Å². The molecule has 0 spiro atoms. The lowest BCUT2D eigenvalue weighted by molar-refractivity contribution is 0.242. The van der Waals surface area contributed by atoms with Crippen molar-refractivity contribution in [3.63, 3.8) is 0 Å². The number of carbonyl (C=O) groups excluding carboxylic acids is 1. The molecule has 3 rings (SSSR count). The number of rotatable bonds is 4. The predicted octanol–water partition coefficient (Wildman–Crippen LogP) is 1.74. The van der Waals surface area contributed by atoms with E-state index in [0.29, 0.717) is 0 Å². The van der Waals surface area contributed by atoms with E-state index in [0.717, 1.165) is 55.3 Å². The van der Waals surface area contributed by atoms with Crippen molar-refractivity contribution < 1.29 is 4.79 Å². The number of piperidine rings is 1. The van der Waals surface area contributed by atoms with Crippen molar-refractivity contribution >= 4 is 11.8 Å². The van der Waals surface area contributed by atoms with Gasteiger partial charge in [-0.2, -0.15) is 0 Å². The second-order valence-corrected chi connectivity index (χ2v) is 5.90. The number of primary amides is 1. The molecule has 2 amide bonds. The van der Waals surface area contributed by atoms with Crippen LogP contribution in [0, 0.1) is 0 Å². The van der Waals surface area contributed by atoms with Gasteiger partial charge in [0.05, 0.1) is 0 Å². The van der Waals surface area contributed by atoms with Gasteiger partial charge in [-0.15, -0.1) is 0 Å². The van der Waals surface area contributed by atoms with E-state index < -0.39 is 6.03 Å². The van der Waals surface area contributed by atoms with Crippen LogP contribution in [0.5, 0.6) is 0 Å². The predicted molar refractivity (Wildman–Crippen MR) is 92.6 cm³/mol. The summed E-state index contributed by atoms with van der Waals surface area (Å²) in [5, 5.41) is 2.79. The van der Waals surface area contributed by atoms with Crippen LogP contribution in [0.15, 0.2) is 30.6 Å². The topological polar surface area (TPSA) is 97.0 Å². The third-order valence-electron chi connectivity index (χ3n) is 4.23. The molecule has 0 bridgehead atoms. The number of amides is 2. The minimum atomic E-state index is -0.455. The molecule has 1 saturated heterocycles. The fourth-order valence-corrected chi connectivity index (χ4v) is 2.91. The first kappa shape index (κ1) is 16.2. The van der Waals surface area contributed by atoms with Gasteiger partial charge in [0.2, 0.25) is 0 Å². The monoisotopic (exact) mass is 326 g/mol. The molecule has 0 aromatic carbocycles. The summed E-state index contributed by atoms with van der Waals surface area (Å²) in [5.74, 6) is 1.66. The molecule has 2 aromatic rings. The number of hydrogen-bond acceptors (Lipinski definition) is 5. The van der Waals surface area contributed by atoms with Gasteiger partial charge < -0.3 is 16.0 Å². The number of pyridine rings is 1. The molecule has 3 heterocycles. The minimum Gasteiger partial charge on any atom is -0.356 e. The molecule has 0 atom stereocenters. The largest absolute Gasteiger partial charge is 0.356 e. The van der Waals surface area contributed by atoms with Crippen LogP contribution in [0.4, 0.5) is 10.6 Å². The molecule has 0 unspecified atom stereocenters. The summed E-state index contributed by atoms with van der Waals surface area (Å²) in [6, 6.07) is 5.57. The maximum atomic E-state index is 11.0. The lowest BCUT2D eigenvalue weighted by Crippen LogP contribution is -2.46. The summed E-state index contributed by atoms with van der Waals surface area (Å²) >= 11 is 0. The number of hydrogen-bond donors (Lipinski definition) is 2. The van der Waals surface area contributed by atoms with E-state index in [4.69, 9.17) is 10.7 Å². The van der Waals surface area contributed by atoms with Crippen LogP contribution >= 0.6 is 0 Å². The zero-order valence-electron chi connectivity index (χ0n) is 13.8. The van der Waals surface area contributed by atoms with Gasteiger partial charge >= 0.3 is 6.03 Å². The Morgan fingerprint density at radius 2 is 2.00 bits per heavy atom. The first-order valence-electron chi connectivity index (χ1n) is 8.25. The lowest BCUT2D eigenvalue weighted by atomic mass is 10.1. The Balaban J connectivity index is 1.80. The number of nitrogens with one attached hydrogen (secondary N) is 1. The molecule has 0 aliphatic carbocycles. The third-order valence-corrected chi connectivity index (χ3v) is 4.23. The Hall–Kier alpha value is -2.70. The van der Waals surface area contributed by atoms with Crippen LogP contribution in [0.25, 0.3) is 11.4 Å². The summed E-state index contributed by atoms with van der Waals surface area (Å²) in [4.78, 5) is 26.6. The van der Waals surface area contributed by atoms with Crippen LogP contribution < -0.4 is 16.0 Å². The van der Waals surface area contributed by atoms with E-state index in [1.807, 2.05) is 18.2 Å². The molecule has 0 saturated carbocycles. The SMILES string of the molecule is CCc1cc(N2CCC(NC(N)=O)CC2)nc(-c2ccncc2)n1. The van der Waals surface area contributed by atoms with Gasteiger partial charge in [-0.25, -0.2) is 14.8 Å². The van der Waals surface area contributed by atoms with Crippen molar-refractivity contribution in [1.82, 2.24) is 20.3 Å². The second kappa shape index (κ2) is 7.25. The van der Waals surface area contributed by atoms with Gasteiger partial charge in [0.1, 0.15) is 5.82 Å². The summed E-state index contributed by atoms with van der Waals surface area (Å²) in [7, 11) is 0. The van der Waals surface area contributed by atoms with Gasteiger partial charge in [-0.3, -0.25) is 4.98 Å². The number of anilines is 1. The summed E-state index contributed by atoms with van der Waals surface area (Å²) in [5.41, 5.74) is 7.18. The Kier molecular flexibility index (Phi) is 4.88. The van der Waals surface area contributed by atoms with Gasteiger partial charge in [0.15, 0.2) is 5.82 Å². The van der Waals surface area contributed by atoms with Crippen LogP contribution in [0.1, 0.15) is 25.5 Å². The van der Waals surface area contributed by atoms with Crippen molar-refractivity contribution in [2.75, 3.05) is 18.0 Å². The highest BCUT2D eigenvalue weighted by Gasteiger charge is 2.21. The highest BCUT2D eigenvalue weighted by atomic mass is 16.2. The van der Waals surface area contributed by atoms with E-state index in [1.165, 1.54) is 0 Å². The summed E-state index contributed by atoms with van der Waals surface area (Å²) < 4.78 is 0. The normalized spacial score (nSPS) is 15.3. The molecule has 7 heteroatoms. The molecule has 1 aliphatic heterocycles. The van der Waals surface area contributed by atoms with Crippen molar-refractivity contribution in [3.05, 3.63) is 36.3 Å². The second-order valence-electron chi connectivity index (χ2n) is 5.90. The molecule has 1 aliphatic rings. The Morgan fingerprint density at radius 1 is 1.29 bits per heavy atom. The van der Waals surface area contributed by atoms with Crippen LogP contribution in [0.2, 0.25) is 0 Å². The fourth-order valence-electron chi connectivity index (χ4n) is 2.91. The quantitative estimate of drug-likeness (QED) is 0.892. The molecule has 2 aromatic heterocycles. The van der Waals surface area contributed by atoms with E-state index >= 15 is 0 Å². The van der Waals surface area contributed by atoms with Crippen molar-refractivity contribution in [2.45, 2.75) is 32.2 Å². The van der Waals surface area contributed by atoms with E-state index in [9.17, 15) is 4.79 Å². The summed E-state index contributed by atoms with van der Waals surface area (Å²) in [6.07, 6.45) is 6.07. The maximum Gasteiger partial charge on any atom is 0.312 e. The van der Waals surface area contributed by atoms with Crippen LogP contribution in [-0.2, 0) is 6.42 Å². The van der Waals surface area contributed by atoms with Crippen LogP contribution in [-0.4, -0.2) is 40.1 Å². The smallest absolute Gasteiger partial charge is 0.312 e. The molecule has 24 heavy (non-hydrogen) atoms. The highest BCUT2D eigenvalue weighted by molar-refractivity contribution is 5.72. The number of carbonyl (C=O) groups is 1. The zero-order chi connectivity index (χ0) is 16.9. The Bertz CT molecular complexity index is 697. The standard InChI is InChI=1S/C17H22N6O/c1-2-13-11-15(22-16(20-13)12-3-7-19-8-4-12)23-9-5-14(6-10-23)21-17(18)24/h3-4,7-8,11,14H,2,5-6,9-10H2,1H3,(H3,18,21,24). The minimum absolute atomic E-state index is 0.144. The average molecular weight is 326 g/mol. The third kappa shape index (κ3) is 3.79. The molecule has 0 radical (unpaired) electrons. The molecule has 3 N–H and O–H groups in total. The molecular weight excluding hydrogens is 304 g/mol. The first-order valence-corrected chi connectivity index (χ1v) is 8.25. The Labute approximate surface area is 141 Å². The number of nitrogens with two attached hydrogens (primary N) is 1. The van der Waals surface area contributed by atoms with Crippen LogP contribution in [0.3, 0.4) is 0 Å². The number of urea groups is 1. The Morgan fingerprint density at radius 3 is 2.62 bits per heavy atom. The van der Waals surface area contributed by atoms with Gasteiger partial charge in [0.25, 0.3) is 0 Å². The molecule has 1 fully saturated rings. The van der Waals surface area contributed by atoms with E-state index in [2.05, 4.69) is 27.1 Å². The number of nitrogens with zero attached hydrogens (tertiary/aromatic N) is 4. The lowest BCUT2D eigenvalue weighted by Gasteiger charge is -2.33. The maximum absolute atomic E-state index is 11.0. The summed E-state index contributed by atoms with van der Waals surface area (Å²) in [6.45, 7) is 3.76.